The molecule has 5 nitrogen and oxygen atoms in total. The fourth-order valence-corrected chi connectivity index (χ4v) is 3.03. The molecule has 3 rings (SSSR count). The molecule has 3 aromatic carbocycles. The number of nitrogens with one attached hydrogen (secondary N) is 1. The fourth-order valence-electron chi connectivity index (χ4n) is 3.03. The second kappa shape index (κ2) is 10.7. The van der Waals surface area contributed by atoms with Crippen LogP contribution in [0.2, 0.25) is 0 Å². The summed E-state index contributed by atoms with van der Waals surface area (Å²) in [7, 11) is 0. The van der Waals surface area contributed by atoms with Gasteiger partial charge in [-0.15, -0.1) is 0 Å². The molecule has 0 aliphatic heterocycles. The molecule has 1 N–H and O–H groups in total. The molecule has 0 aliphatic carbocycles. The maximum absolute atomic E-state index is 12.3. The van der Waals surface area contributed by atoms with Crippen LogP contribution in [0.5, 0.6) is 11.5 Å². The van der Waals surface area contributed by atoms with E-state index in [1.165, 1.54) is 0 Å². The van der Waals surface area contributed by atoms with Crippen LogP contribution in [-0.2, 0) is 4.79 Å². The van der Waals surface area contributed by atoms with Crippen molar-refractivity contribution in [1.29, 1.82) is 5.26 Å². The Morgan fingerprint density at radius 1 is 1.00 bits per heavy atom. The molecule has 5 heteroatoms. The van der Waals surface area contributed by atoms with E-state index in [1.807, 2.05) is 74.5 Å². The third kappa shape index (κ3) is 6.22. The number of hydrogen-bond donors (Lipinski definition) is 1. The van der Waals surface area contributed by atoms with E-state index in [0.717, 1.165) is 22.4 Å². The van der Waals surface area contributed by atoms with E-state index in [9.17, 15) is 10.1 Å². The third-order valence-corrected chi connectivity index (χ3v) is 4.44. The van der Waals surface area contributed by atoms with Gasteiger partial charge in [0.25, 0.3) is 5.91 Å². The first-order valence-electron chi connectivity index (χ1n) is 10.0. The van der Waals surface area contributed by atoms with Crippen molar-refractivity contribution in [3.63, 3.8) is 0 Å². The van der Waals surface area contributed by atoms with Crippen molar-refractivity contribution >= 4 is 23.2 Å². The Kier molecular flexibility index (Phi) is 7.45. The smallest absolute Gasteiger partial charge is 0.262 e. The Bertz CT molecular complexity index is 1110. The maximum atomic E-state index is 12.3. The van der Waals surface area contributed by atoms with Crippen molar-refractivity contribution in [2.24, 2.45) is 0 Å². The average Bonchev–Trinajstić information content (AvgIpc) is 2.77. The molecule has 0 heterocycles. The minimum Gasteiger partial charge on any atom is -0.490 e. The van der Waals surface area contributed by atoms with Gasteiger partial charge in [-0.05, 0) is 60.9 Å². The summed E-state index contributed by atoms with van der Waals surface area (Å²) in [4.78, 5) is 12.3. The van der Waals surface area contributed by atoms with Gasteiger partial charge in [-0.2, -0.15) is 5.26 Å². The van der Waals surface area contributed by atoms with Crippen LogP contribution in [0.25, 0.3) is 11.6 Å². The molecule has 0 radical (unpaired) electrons. The molecule has 156 valence electrons. The molecule has 0 aromatic heterocycles. The topological polar surface area (TPSA) is 71.3 Å². The van der Waals surface area contributed by atoms with Gasteiger partial charge in [-0.3, -0.25) is 4.79 Å². The van der Waals surface area contributed by atoms with E-state index in [2.05, 4.69) is 11.4 Å². The zero-order valence-electron chi connectivity index (χ0n) is 17.6. The van der Waals surface area contributed by atoms with Crippen LogP contribution in [0.1, 0.15) is 23.6 Å². The number of aryl methyl sites for hydroxylation is 1. The summed E-state index contributed by atoms with van der Waals surface area (Å²) >= 11 is 0. The van der Waals surface area contributed by atoms with Crippen molar-refractivity contribution in [2.75, 3.05) is 18.5 Å². The monoisotopic (exact) mass is 412 g/mol. The number of carbonyl (C=O) groups is 1. The molecule has 0 spiro atoms. The number of ether oxygens (including phenoxy) is 2. The van der Waals surface area contributed by atoms with Gasteiger partial charge in [0.15, 0.2) is 18.1 Å². The highest BCUT2D eigenvalue weighted by Crippen LogP contribution is 2.30. The van der Waals surface area contributed by atoms with Crippen molar-refractivity contribution in [3.8, 4) is 17.6 Å². The molecule has 0 atom stereocenters. The Hall–Kier alpha value is -4.04. The van der Waals surface area contributed by atoms with Crippen LogP contribution in [0.15, 0.2) is 72.8 Å². The number of rotatable bonds is 8. The number of benzene rings is 3. The third-order valence-electron chi connectivity index (χ3n) is 4.44. The Labute approximate surface area is 182 Å². The van der Waals surface area contributed by atoms with E-state index >= 15 is 0 Å². The summed E-state index contributed by atoms with van der Waals surface area (Å²) in [6, 6.07) is 24.7. The van der Waals surface area contributed by atoms with Crippen LogP contribution in [0, 0.1) is 18.3 Å². The molecule has 0 unspecified atom stereocenters. The second-order valence-corrected chi connectivity index (χ2v) is 6.88. The van der Waals surface area contributed by atoms with Gasteiger partial charge >= 0.3 is 0 Å². The Balaban J connectivity index is 1.73. The summed E-state index contributed by atoms with van der Waals surface area (Å²) in [6.45, 7) is 4.15. The lowest BCUT2D eigenvalue weighted by atomic mass is 10.0. The highest BCUT2D eigenvalue weighted by atomic mass is 16.5. The first-order chi connectivity index (χ1) is 15.1. The van der Waals surface area contributed by atoms with Crippen molar-refractivity contribution in [3.05, 3.63) is 89.5 Å². The van der Waals surface area contributed by atoms with Gasteiger partial charge in [-0.25, -0.2) is 0 Å². The molecular weight excluding hydrogens is 388 g/mol. The van der Waals surface area contributed by atoms with Gasteiger partial charge in [0.05, 0.1) is 18.2 Å². The number of carbonyl (C=O) groups excluding carboxylic acids is 1. The van der Waals surface area contributed by atoms with Crippen LogP contribution >= 0.6 is 0 Å². The fraction of sp³-hybridized carbons (Fsp3) is 0.154. The predicted molar refractivity (Wildman–Crippen MR) is 123 cm³/mol. The quantitative estimate of drug-likeness (QED) is 0.393. The lowest BCUT2D eigenvalue weighted by molar-refractivity contribution is -0.118. The lowest BCUT2D eigenvalue weighted by Crippen LogP contribution is -2.20. The van der Waals surface area contributed by atoms with Gasteiger partial charge in [-0.1, -0.05) is 48.5 Å². The molecule has 0 aliphatic rings. The van der Waals surface area contributed by atoms with Gasteiger partial charge < -0.3 is 14.8 Å². The first-order valence-corrected chi connectivity index (χ1v) is 10.0. The summed E-state index contributed by atoms with van der Waals surface area (Å²) in [5.74, 6) is 0.731. The van der Waals surface area contributed by atoms with E-state index < -0.39 is 0 Å². The van der Waals surface area contributed by atoms with E-state index in [-0.39, 0.29) is 12.5 Å². The van der Waals surface area contributed by atoms with Crippen LogP contribution in [0.3, 0.4) is 0 Å². The highest BCUT2D eigenvalue weighted by Gasteiger charge is 2.10. The lowest BCUT2D eigenvalue weighted by Gasteiger charge is -2.13. The minimum absolute atomic E-state index is 0.142. The summed E-state index contributed by atoms with van der Waals surface area (Å²) < 4.78 is 11.4. The molecule has 31 heavy (non-hydrogen) atoms. The highest BCUT2D eigenvalue weighted by molar-refractivity contribution is 5.92. The molecule has 1 amide bonds. The van der Waals surface area contributed by atoms with Gasteiger partial charge in [0.2, 0.25) is 0 Å². The normalized spacial score (nSPS) is 10.8. The maximum Gasteiger partial charge on any atom is 0.262 e. The average molecular weight is 412 g/mol. The molecule has 0 bridgehead atoms. The van der Waals surface area contributed by atoms with E-state index in [0.29, 0.717) is 23.7 Å². The zero-order chi connectivity index (χ0) is 22.1. The molecular formula is C26H24N2O3. The number of nitrogens with zero attached hydrogens (tertiary/aromatic N) is 1. The van der Waals surface area contributed by atoms with E-state index in [4.69, 9.17) is 9.47 Å². The standard InChI is InChI=1S/C26H24N2O3/c1-3-30-25-16-20(15-22(17-27)21-9-5-4-6-10-21)12-13-24(25)31-18-26(29)28-23-11-7-8-19(2)14-23/h4-16H,3,18H2,1-2H3,(H,28,29). The summed E-state index contributed by atoms with van der Waals surface area (Å²) in [5, 5.41) is 12.4. The number of allylic oxidation sites excluding steroid dienone is 1. The zero-order valence-corrected chi connectivity index (χ0v) is 17.6. The SMILES string of the molecule is CCOc1cc(C=C(C#N)c2ccccc2)ccc1OCC(=O)Nc1cccc(C)c1. The van der Waals surface area contributed by atoms with Crippen molar-refractivity contribution in [2.45, 2.75) is 13.8 Å². The minimum atomic E-state index is -0.257. The van der Waals surface area contributed by atoms with Crippen LogP contribution in [-0.4, -0.2) is 19.1 Å². The van der Waals surface area contributed by atoms with Crippen LogP contribution < -0.4 is 14.8 Å². The molecule has 3 aromatic rings. The number of hydrogen-bond acceptors (Lipinski definition) is 4. The van der Waals surface area contributed by atoms with Crippen LogP contribution in [0.4, 0.5) is 5.69 Å². The number of anilines is 1. The van der Waals surface area contributed by atoms with Crippen molar-refractivity contribution < 1.29 is 14.3 Å². The molecule has 0 fully saturated rings. The predicted octanol–water partition coefficient (Wildman–Crippen LogP) is 5.48. The second-order valence-electron chi connectivity index (χ2n) is 6.88. The number of amides is 1. The van der Waals surface area contributed by atoms with Gasteiger partial charge in [0, 0.05) is 5.69 Å². The number of nitriles is 1. The Morgan fingerprint density at radius 2 is 1.81 bits per heavy atom. The molecule has 0 saturated carbocycles. The summed E-state index contributed by atoms with van der Waals surface area (Å²) in [6.07, 6.45) is 1.80. The first kappa shape index (κ1) is 21.7. The largest absolute Gasteiger partial charge is 0.490 e. The van der Waals surface area contributed by atoms with Crippen molar-refractivity contribution in [1.82, 2.24) is 0 Å². The summed E-state index contributed by atoms with van der Waals surface area (Å²) in [5.41, 5.74) is 3.99. The molecule has 0 saturated heterocycles. The Morgan fingerprint density at radius 3 is 2.52 bits per heavy atom. The van der Waals surface area contributed by atoms with Gasteiger partial charge in [0.1, 0.15) is 0 Å². The van der Waals surface area contributed by atoms with E-state index in [1.54, 1.807) is 18.2 Å².